The lowest BCUT2D eigenvalue weighted by Crippen LogP contribution is -2.58. The van der Waals surface area contributed by atoms with E-state index in [4.69, 9.17) is 9.47 Å². The lowest BCUT2D eigenvalue weighted by Gasteiger charge is -2.39. The molecule has 2 aromatic rings. The van der Waals surface area contributed by atoms with Gasteiger partial charge in [-0.1, -0.05) is 26.0 Å². The maximum atomic E-state index is 13.5. The summed E-state index contributed by atoms with van der Waals surface area (Å²) in [6.07, 6.45) is 0. The van der Waals surface area contributed by atoms with Gasteiger partial charge >= 0.3 is 0 Å². The fraction of sp³-hybridized carbons (Fsp3) is 0.385. The van der Waals surface area contributed by atoms with Crippen LogP contribution in [0.3, 0.4) is 0 Å². The molecule has 0 N–H and O–H groups in total. The fourth-order valence-corrected chi connectivity index (χ4v) is 4.62. The normalized spacial score (nSPS) is 16.4. The molecule has 0 radical (unpaired) electrons. The summed E-state index contributed by atoms with van der Waals surface area (Å²) in [6.45, 7) is 4.94. The fourth-order valence-electron chi connectivity index (χ4n) is 4.62. The Hall–Kier alpha value is -3.88. The van der Waals surface area contributed by atoms with Gasteiger partial charge in [0.05, 0.1) is 25.3 Å². The van der Waals surface area contributed by atoms with Gasteiger partial charge in [0.15, 0.2) is 11.5 Å². The molecule has 184 valence electrons. The van der Waals surface area contributed by atoms with Crippen LogP contribution in [0.1, 0.15) is 44.9 Å². The Balaban J connectivity index is 1.46. The number of hydrogen-bond donors (Lipinski definition) is 0. The molecule has 4 amide bonds. The number of fused-ring (bicyclic) bond motifs is 1. The number of imide groups is 1. The molecule has 1 unspecified atom stereocenters. The van der Waals surface area contributed by atoms with Crippen LogP contribution in [-0.2, 0) is 4.79 Å². The Kier molecular flexibility index (Phi) is 6.77. The molecule has 0 bridgehead atoms. The largest absolute Gasteiger partial charge is 0.493 e. The monoisotopic (exact) mass is 479 g/mol. The van der Waals surface area contributed by atoms with Gasteiger partial charge in [-0.3, -0.25) is 24.1 Å². The minimum Gasteiger partial charge on any atom is -0.493 e. The van der Waals surface area contributed by atoms with Crippen molar-refractivity contribution in [3.63, 3.8) is 0 Å². The Labute approximate surface area is 204 Å². The standard InChI is InChI=1S/C26H29N3O6/c1-16(2)22(29-24(31)18-7-5-6-8-19(18)25(29)32)26(33)28-13-11-27(12-14-28)23(30)17-9-10-20(34-3)21(15-17)35-4/h5-10,15-16,22H,11-14H2,1-4H3. The van der Waals surface area contributed by atoms with Crippen LogP contribution in [0.15, 0.2) is 42.5 Å². The highest BCUT2D eigenvalue weighted by molar-refractivity contribution is 6.22. The van der Waals surface area contributed by atoms with Crippen molar-refractivity contribution < 1.29 is 28.7 Å². The maximum Gasteiger partial charge on any atom is 0.262 e. The highest BCUT2D eigenvalue weighted by Crippen LogP contribution is 2.30. The second kappa shape index (κ2) is 9.77. The van der Waals surface area contributed by atoms with Crippen LogP contribution in [0, 0.1) is 5.92 Å². The van der Waals surface area contributed by atoms with Crippen molar-refractivity contribution in [1.29, 1.82) is 0 Å². The first kappa shape index (κ1) is 24.3. The van der Waals surface area contributed by atoms with E-state index < -0.39 is 17.9 Å². The van der Waals surface area contributed by atoms with E-state index in [9.17, 15) is 19.2 Å². The number of ether oxygens (including phenoxy) is 2. The van der Waals surface area contributed by atoms with E-state index in [1.165, 1.54) is 14.2 Å². The molecule has 0 aliphatic carbocycles. The molecule has 2 aromatic carbocycles. The van der Waals surface area contributed by atoms with Crippen LogP contribution in [-0.4, -0.2) is 84.8 Å². The van der Waals surface area contributed by atoms with E-state index in [1.807, 2.05) is 13.8 Å². The van der Waals surface area contributed by atoms with Crippen LogP contribution < -0.4 is 9.47 Å². The van der Waals surface area contributed by atoms with Gasteiger partial charge in [0.25, 0.3) is 17.7 Å². The van der Waals surface area contributed by atoms with Crippen molar-refractivity contribution in [1.82, 2.24) is 14.7 Å². The SMILES string of the molecule is COc1ccc(C(=O)N2CCN(C(=O)C(C(C)C)N3C(=O)c4ccccc4C3=O)CC2)cc1OC. The molecule has 0 aromatic heterocycles. The molecule has 1 fully saturated rings. The predicted octanol–water partition coefficient (Wildman–Crippen LogP) is 2.31. The number of hydrogen-bond acceptors (Lipinski definition) is 6. The van der Waals surface area contributed by atoms with E-state index in [2.05, 4.69) is 0 Å². The summed E-state index contributed by atoms with van der Waals surface area (Å²) in [7, 11) is 3.04. The van der Waals surface area contributed by atoms with Gasteiger partial charge in [-0.2, -0.15) is 0 Å². The Morgan fingerprint density at radius 3 is 1.86 bits per heavy atom. The van der Waals surface area contributed by atoms with E-state index in [0.717, 1.165) is 4.90 Å². The Bertz CT molecular complexity index is 1130. The molecule has 0 spiro atoms. The lowest BCUT2D eigenvalue weighted by atomic mass is 10.0. The molecule has 2 heterocycles. The third-order valence-corrected chi connectivity index (χ3v) is 6.50. The van der Waals surface area contributed by atoms with Gasteiger partial charge in [0.2, 0.25) is 5.91 Å². The van der Waals surface area contributed by atoms with E-state index in [-0.39, 0.29) is 17.7 Å². The first-order chi connectivity index (χ1) is 16.8. The Morgan fingerprint density at radius 1 is 0.800 bits per heavy atom. The molecule has 35 heavy (non-hydrogen) atoms. The van der Waals surface area contributed by atoms with Crippen molar-refractivity contribution in [2.75, 3.05) is 40.4 Å². The third-order valence-electron chi connectivity index (χ3n) is 6.50. The van der Waals surface area contributed by atoms with Crippen molar-refractivity contribution in [2.24, 2.45) is 5.92 Å². The zero-order chi connectivity index (χ0) is 25.3. The molecular weight excluding hydrogens is 450 g/mol. The number of carbonyl (C=O) groups is 4. The summed E-state index contributed by atoms with van der Waals surface area (Å²) >= 11 is 0. The Morgan fingerprint density at radius 2 is 1.34 bits per heavy atom. The molecule has 1 atom stereocenters. The summed E-state index contributed by atoms with van der Waals surface area (Å²) in [5.74, 6) is -0.609. The van der Waals surface area contributed by atoms with Gasteiger partial charge in [-0.25, -0.2) is 0 Å². The van der Waals surface area contributed by atoms with Gasteiger partial charge < -0.3 is 19.3 Å². The van der Waals surface area contributed by atoms with E-state index in [0.29, 0.717) is 54.4 Å². The number of methoxy groups -OCH3 is 2. The first-order valence-electron chi connectivity index (χ1n) is 11.6. The molecule has 9 heteroatoms. The molecule has 0 saturated carbocycles. The molecule has 1 saturated heterocycles. The second-order valence-corrected chi connectivity index (χ2v) is 8.90. The van der Waals surface area contributed by atoms with Crippen LogP contribution >= 0.6 is 0 Å². The number of piperazine rings is 1. The van der Waals surface area contributed by atoms with E-state index in [1.54, 1.807) is 52.3 Å². The van der Waals surface area contributed by atoms with Gasteiger partial charge in [0, 0.05) is 31.7 Å². The van der Waals surface area contributed by atoms with Crippen LogP contribution in [0.25, 0.3) is 0 Å². The van der Waals surface area contributed by atoms with Crippen LogP contribution in [0.4, 0.5) is 0 Å². The van der Waals surface area contributed by atoms with Crippen molar-refractivity contribution in [3.8, 4) is 11.5 Å². The topological polar surface area (TPSA) is 96.5 Å². The van der Waals surface area contributed by atoms with Gasteiger partial charge in [-0.05, 0) is 36.2 Å². The average Bonchev–Trinajstić information content (AvgIpc) is 3.13. The minimum atomic E-state index is -0.907. The zero-order valence-electron chi connectivity index (χ0n) is 20.3. The molecular formula is C26H29N3O6. The number of benzene rings is 2. The third kappa shape index (κ3) is 4.34. The molecule has 9 nitrogen and oxygen atoms in total. The summed E-state index contributed by atoms with van der Waals surface area (Å²) in [5, 5.41) is 0. The molecule has 2 aliphatic heterocycles. The number of amides is 4. The first-order valence-corrected chi connectivity index (χ1v) is 11.6. The average molecular weight is 480 g/mol. The quantitative estimate of drug-likeness (QED) is 0.590. The summed E-state index contributed by atoms with van der Waals surface area (Å²) in [5.41, 5.74) is 1.11. The van der Waals surface area contributed by atoms with Gasteiger partial charge in [0.1, 0.15) is 6.04 Å². The number of rotatable bonds is 6. The minimum absolute atomic E-state index is 0.168. The molecule has 2 aliphatic rings. The lowest BCUT2D eigenvalue weighted by molar-refractivity contribution is -0.138. The van der Waals surface area contributed by atoms with Gasteiger partial charge in [-0.15, -0.1) is 0 Å². The highest BCUT2D eigenvalue weighted by atomic mass is 16.5. The number of carbonyl (C=O) groups excluding carboxylic acids is 4. The summed E-state index contributed by atoms with van der Waals surface area (Å²) in [6, 6.07) is 10.7. The highest BCUT2D eigenvalue weighted by Gasteiger charge is 2.45. The zero-order valence-corrected chi connectivity index (χ0v) is 20.3. The molecule has 4 rings (SSSR count). The number of nitrogens with zero attached hydrogens (tertiary/aromatic N) is 3. The van der Waals surface area contributed by atoms with Crippen molar-refractivity contribution >= 4 is 23.6 Å². The van der Waals surface area contributed by atoms with Crippen LogP contribution in [0.2, 0.25) is 0 Å². The van der Waals surface area contributed by atoms with Crippen molar-refractivity contribution in [2.45, 2.75) is 19.9 Å². The summed E-state index contributed by atoms with van der Waals surface area (Å²) in [4.78, 5) is 57.0. The smallest absolute Gasteiger partial charge is 0.262 e. The summed E-state index contributed by atoms with van der Waals surface area (Å²) < 4.78 is 10.5. The second-order valence-electron chi connectivity index (χ2n) is 8.90. The van der Waals surface area contributed by atoms with Crippen molar-refractivity contribution in [3.05, 3.63) is 59.2 Å². The maximum absolute atomic E-state index is 13.5. The predicted molar refractivity (Wildman–Crippen MR) is 128 cm³/mol. The van der Waals surface area contributed by atoms with E-state index >= 15 is 0 Å². The van der Waals surface area contributed by atoms with Crippen LogP contribution in [0.5, 0.6) is 11.5 Å².